The molecule has 0 unspecified atom stereocenters. The van der Waals surface area contributed by atoms with Gasteiger partial charge in [-0.3, -0.25) is 14.5 Å². The predicted octanol–water partition coefficient (Wildman–Crippen LogP) is 2.33. The van der Waals surface area contributed by atoms with Crippen LogP contribution in [0, 0.1) is 0 Å². The minimum Gasteiger partial charge on any atom is -0.472 e. The van der Waals surface area contributed by atoms with Crippen LogP contribution in [0.3, 0.4) is 0 Å². The number of rotatable bonds is 9. The van der Waals surface area contributed by atoms with Crippen LogP contribution in [0.25, 0.3) is 0 Å². The summed E-state index contributed by atoms with van der Waals surface area (Å²) in [5, 5.41) is 7.95. The molecule has 0 fully saturated rings. The summed E-state index contributed by atoms with van der Waals surface area (Å²) >= 11 is 0. The predicted molar refractivity (Wildman–Crippen MR) is 130 cm³/mol. The number of pyridine rings is 1. The minimum absolute atomic E-state index is 0.0495. The topological polar surface area (TPSA) is 132 Å². The van der Waals surface area contributed by atoms with Crippen molar-refractivity contribution >= 4 is 27.7 Å². The van der Waals surface area contributed by atoms with E-state index in [4.69, 9.17) is 9.88 Å². The smallest absolute Gasteiger partial charge is 0.274 e. The van der Waals surface area contributed by atoms with E-state index in [9.17, 15) is 18.0 Å². The van der Waals surface area contributed by atoms with Gasteiger partial charge >= 0.3 is 0 Å². The second kappa shape index (κ2) is 10.7. The molecule has 0 bridgehead atoms. The average molecular weight is 495 g/mol. The van der Waals surface area contributed by atoms with E-state index >= 15 is 0 Å². The summed E-state index contributed by atoms with van der Waals surface area (Å²) in [6.07, 6.45) is 2.09. The Morgan fingerprint density at radius 3 is 2.51 bits per heavy atom. The van der Waals surface area contributed by atoms with E-state index in [0.717, 1.165) is 11.1 Å². The molecule has 1 aliphatic rings. The number of benzene rings is 2. The fourth-order valence-corrected chi connectivity index (χ4v) is 4.35. The number of nitrogens with zero attached hydrogens (tertiary/aromatic N) is 2. The maximum Gasteiger partial charge on any atom is 0.274 e. The number of carbonyl (C=O) groups is 2. The lowest BCUT2D eigenvalue weighted by molar-refractivity contribution is -0.127. The summed E-state index contributed by atoms with van der Waals surface area (Å²) < 4.78 is 28.6. The lowest BCUT2D eigenvalue weighted by Gasteiger charge is -2.33. The molecule has 0 saturated heterocycles. The average Bonchev–Trinajstić information content (AvgIpc) is 2.85. The summed E-state index contributed by atoms with van der Waals surface area (Å²) in [4.78, 5) is 31.5. The van der Waals surface area contributed by atoms with Crippen LogP contribution in [-0.4, -0.2) is 38.3 Å². The summed E-state index contributed by atoms with van der Waals surface area (Å²) in [5.74, 6) is 0.630. The van der Waals surface area contributed by atoms with Crippen LogP contribution in [0.5, 0.6) is 5.75 Å². The Kier molecular flexibility index (Phi) is 7.42. The van der Waals surface area contributed by atoms with E-state index in [1.807, 2.05) is 30.3 Å². The molecule has 1 aromatic heterocycles. The van der Waals surface area contributed by atoms with E-state index < -0.39 is 16.1 Å². The summed E-state index contributed by atoms with van der Waals surface area (Å²) in [7, 11) is -3.73. The third kappa shape index (κ3) is 6.03. The van der Waals surface area contributed by atoms with Gasteiger partial charge in [0.05, 0.1) is 4.90 Å². The zero-order valence-electron chi connectivity index (χ0n) is 19.0. The highest BCUT2D eigenvalue weighted by Gasteiger charge is 2.36. The quantitative estimate of drug-likeness (QED) is 0.469. The fraction of sp³-hybridized carbons (Fsp3) is 0.240. The molecular formula is C25H26N4O5S. The number of ether oxygens (including phenoxy) is 1. The number of aromatic nitrogens is 1. The summed E-state index contributed by atoms with van der Waals surface area (Å²) in [5.41, 5.74) is 1.64. The first-order valence-electron chi connectivity index (χ1n) is 11.2. The highest BCUT2D eigenvalue weighted by Crippen LogP contribution is 2.37. The molecular weight excluding hydrogens is 468 g/mol. The van der Waals surface area contributed by atoms with Crippen LogP contribution >= 0.6 is 0 Å². The Hall–Kier alpha value is -3.76. The molecule has 0 radical (unpaired) electrons. The van der Waals surface area contributed by atoms with Crippen molar-refractivity contribution in [3.05, 3.63) is 84.1 Å². The zero-order chi connectivity index (χ0) is 24.8. The number of anilines is 1. The van der Waals surface area contributed by atoms with Crippen LogP contribution in [0.15, 0.2) is 77.8 Å². The zero-order valence-corrected chi connectivity index (χ0v) is 19.8. The highest BCUT2D eigenvalue weighted by molar-refractivity contribution is 7.89. The monoisotopic (exact) mass is 494 g/mol. The van der Waals surface area contributed by atoms with Gasteiger partial charge in [-0.25, -0.2) is 18.5 Å². The Bertz CT molecular complexity index is 1300. The molecule has 2 amide bonds. The van der Waals surface area contributed by atoms with Gasteiger partial charge in [-0.2, -0.15) is 0 Å². The van der Waals surface area contributed by atoms with Crippen molar-refractivity contribution in [3.63, 3.8) is 0 Å². The standard InChI is InChI=1S/C25H26N4O5S/c26-35(32,33)20-12-10-18(11-13-20)14-16-27-22(30)9-5-17-29-24-21(8-4-15-28-24)34-23(25(29)31)19-6-2-1-3-7-19/h1-4,6-8,10-13,15,23H,5,9,14,16-17H2,(H,27,30)(H2,26,32,33)/t23-/m0/s1. The molecule has 0 spiro atoms. The van der Waals surface area contributed by atoms with Gasteiger partial charge < -0.3 is 10.1 Å². The van der Waals surface area contributed by atoms with Crippen LogP contribution in [0.1, 0.15) is 30.1 Å². The van der Waals surface area contributed by atoms with Gasteiger partial charge in [-0.05, 0) is 42.7 Å². The van der Waals surface area contributed by atoms with Crippen molar-refractivity contribution in [2.45, 2.75) is 30.3 Å². The number of hydrogen-bond acceptors (Lipinski definition) is 6. The Morgan fingerprint density at radius 2 is 1.80 bits per heavy atom. The molecule has 2 aromatic carbocycles. The van der Waals surface area contributed by atoms with Gasteiger partial charge in [0.25, 0.3) is 5.91 Å². The Morgan fingerprint density at radius 1 is 1.06 bits per heavy atom. The first-order chi connectivity index (χ1) is 16.8. The van der Waals surface area contributed by atoms with Gasteiger partial charge in [-0.1, -0.05) is 42.5 Å². The third-order valence-corrected chi connectivity index (χ3v) is 6.55. The number of primary sulfonamides is 1. The molecule has 3 aromatic rings. The van der Waals surface area contributed by atoms with Gasteiger partial charge in [-0.15, -0.1) is 0 Å². The number of fused-ring (bicyclic) bond motifs is 1. The highest BCUT2D eigenvalue weighted by atomic mass is 32.2. The largest absolute Gasteiger partial charge is 0.472 e. The maximum absolute atomic E-state index is 13.2. The lowest BCUT2D eigenvalue weighted by atomic mass is 10.1. The number of nitrogens with one attached hydrogen (secondary N) is 1. The van der Waals surface area contributed by atoms with Gasteiger partial charge in [0.15, 0.2) is 11.6 Å². The summed E-state index contributed by atoms with van der Waals surface area (Å²) in [6, 6.07) is 19.0. The number of hydrogen-bond donors (Lipinski definition) is 2. The SMILES string of the molecule is NS(=O)(=O)c1ccc(CCNC(=O)CCCN2C(=O)[C@H](c3ccccc3)Oc3cccnc32)cc1. The van der Waals surface area contributed by atoms with Gasteiger partial charge in [0.1, 0.15) is 0 Å². The Labute approximate surface area is 204 Å². The molecule has 0 aliphatic carbocycles. The first-order valence-corrected chi connectivity index (χ1v) is 12.7. The fourth-order valence-electron chi connectivity index (χ4n) is 3.83. The van der Waals surface area contributed by atoms with E-state index in [1.54, 1.807) is 35.4 Å². The second-order valence-corrected chi connectivity index (χ2v) is 9.68. The van der Waals surface area contributed by atoms with Crippen molar-refractivity contribution in [3.8, 4) is 5.75 Å². The van der Waals surface area contributed by atoms with Crippen molar-refractivity contribution < 1.29 is 22.7 Å². The van der Waals surface area contributed by atoms with E-state index in [1.165, 1.54) is 12.1 Å². The molecule has 9 nitrogen and oxygen atoms in total. The first kappa shape index (κ1) is 24.4. The van der Waals surface area contributed by atoms with Crippen molar-refractivity contribution in [1.29, 1.82) is 0 Å². The molecule has 1 aliphatic heterocycles. The molecule has 1 atom stereocenters. The molecule has 4 rings (SSSR count). The molecule has 182 valence electrons. The molecule has 10 heteroatoms. The van der Waals surface area contributed by atoms with Gasteiger partial charge in [0, 0.05) is 31.3 Å². The van der Waals surface area contributed by atoms with Crippen molar-refractivity contribution in [2.75, 3.05) is 18.0 Å². The lowest BCUT2D eigenvalue weighted by Crippen LogP contribution is -2.42. The van der Waals surface area contributed by atoms with E-state index in [-0.39, 0.29) is 23.1 Å². The van der Waals surface area contributed by atoms with Crippen LogP contribution in [0.4, 0.5) is 5.82 Å². The molecule has 3 N–H and O–H groups in total. The van der Waals surface area contributed by atoms with E-state index in [2.05, 4.69) is 10.3 Å². The van der Waals surface area contributed by atoms with E-state index in [0.29, 0.717) is 37.5 Å². The molecule has 35 heavy (non-hydrogen) atoms. The van der Waals surface area contributed by atoms with Gasteiger partial charge in [0.2, 0.25) is 22.0 Å². The van der Waals surface area contributed by atoms with Crippen LogP contribution < -0.4 is 20.1 Å². The van der Waals surface area contributed by atoms with Crippen LogP contribution in [0.2, 0.25) is 0 Å². The number of amides is 2. The molecule has 2 heterocycles. The van der Waals surface area contributed by atoms with Crippen LogP contribution in [-0.2, 0) is 26.0 Å². The minimum atomic E-state index is -3.73. The number of nitrogens with two attached hydrogens (primary N) is 1. The maximum atomic E-state index is 13.2. The normalized spacial score (nSPS) is 15.3. The second-order valence-electron chi connectivity index (χ2n) is 8.12. The number of carbonyl (C=O) groups excluding carboxylic acids is 2. The molecule has 0 saturated carbocycles. The van der Waals surface area contributed by atoms with Crippen molar-refractivity contribution in [1.82, 2.24) is 10.3 Å². The summed E-state index contributed by atoms with van der Waals surface area (Å²) in [6.45, 7) is 0.739. The Balaban J connectivity index is 1.30. The van der Waals surface area contributed by atoms with Crippen molar-refractivity contribution in [2.24, 2.45) is 5.14 Å². The number of sulfonamides is 1. The third-order valence-electron chi connectivity index (χ3n) is 5.62.